The number of rotatable bonds is 2. The van der Waals surface area contributed by atoms with Crippen LogP contribution in [-0.4, -0.2) is 41.2 Å². The summed E-state index contributed by atoms with van der Waals surface area (Å²) in [6.45, 7) is 3.16. The summed E-state index contributed by atoms with van der Waals surface area (Å²) in [5, 5.41) is 12.1. The predicted octanol–water partition coefficient (Wildman–Crippen LogP) is 4.16. The van der Waals surface area contributed by atoms with E-state index in [2.05, 4.69) is 0 Å². The topological polar surface area (TPSA) is 62.9 Å². The van der Waals surface area contributed by atoms with Gasteiger partial charge in [0.25, 0.3) is 5.91 Å². The fraction of sp³-hybridized carbons (Fsp3) is 0.375. The van der Waals surface area contributed by atoms with Gasteiger partial charge >= 0.3 is 0 Å². The molecule has 3 aromatic rings. The molecule has 0 radical (unpaired) electrons. The fourth-order valence-electron chi connectivity index (χ4n) is 4.81. The zero-order valence-electron chi connectivity index (χ0n) is 16.9. The van der Waals surface area contributed by atoms with Crippen LogP contribution in [0.25, 0.3) is 11.0 Å². The molecular formula is C24H24FNO4. The van der Waals surface area contributed by atoms with E-state index in [0.29, 0.717) is 43.7 Å². The molecule has 1 atom stereocenters. The number of halogens is 1. The van der Waals surface area contributed by atoms with Crippen LogP contribution in [0.3, 0.4) is 0 Å². The zero-order chi connectivity index (χ0) is 20.9. The first-order chi connectivity index (χ1) is 14.4. The van der Waals surface area contributed by atoms with Crippen molar-refractivity contribution in [3.05, 3.63) is 71.2 Å². The maximum Gasteiger partial charge on any atom is 0.289 e. The number of carbonyl (C=O) groups is 1. The van der Waals surface area contributed by atoms with Gasteiger partial charge < -0.3 is 19.2 Å². The van der Waals surface area contributed by atoms with E-state index in [-0.39, 0.29) is 18.3 Å². The number of hydrogen-bond acceptors (Lipinski definition) is 4. The van der Waals surface area contributed by atoms with Crippen LogP contribution in [0, 0.1) is 12.7 Å². The number of aryl methyl sites for hydroxylation is 1. The number of likely N-dealkylation sites (tertiary alicyclic amines) is 1. The predicted molar refractivity (Wildman–Crippen MR) is 110 cm³/mol. The Bertz CT molecular complexity index is 1100. The van der Waals surface area contributed by atoms with Crippen molar-refractivity contribution in [2.24, 2.45) is 0 Å². The molecule has 0 aliphatic carbocycles. The van der Waals surface area contributed by atoms with Crippen LogP contribution < -0.4 is 0 Å². The van der Waals surface area contributed by atoms with E-state index in [4.69, 9.17) is 9.15 Å². The summed E-state index contributed by atoms with van der Waals surface area (Å²) in [5.41, 5.74) is 0.643. The first-order valence-corrected chi connectivity index (χ1v) is 10.3. The van der Waals surface area contributed by atoms with Crippen LogP contribution in [0.2, 0.25) is 0 Å². The molecule has 1 aromatic heterocycles. The molecule has 2 aromatic carbocycles. The number of hydrogen-bond donors (Lipinski definition) is 1. The van der Waals surface area contributed by atoms with Gasteiger partial charge in [-0.05, 0) is 43.5 Å². The average Bonchev–Trinajstić information content (AvgIpc) is 3.27. The second kappa shape index (κ2) is 6.93. The minimum Gasteiger partial charge on any atom is -0.451 e. The summed E-state index contributed by atoms with van der Waals surface area (Å²) < 4.78 is 25.2. The molecule has 30 heavy (non-hydrogen) atoms. The third-order valence-corrected chi connectivity index (χ3v) is 6.61. The van der Waals surface area contributed by atoms with Gasteiger partial charge in [0.2, 0.25) is 0 Å². The normalized spacial score (nSPS) is 23.4. The summed E-state index contributed by atoms with van der Waals surface area (Å²) in [6, 6.07) is 13.6. The van der Waals surface area contributed by atoms with Gasteiger partial charge in [-0.2, -0.15) is 0 Å². The van der Waals surface area contributed by atoms with E-state index in [1.54, 1.807) is 17.0 Å². The monoisotopic (exact) mass is 409 g/mol. The van der Waals surface area contributed by atoms with Gasteiger partial charge in [0.05, 0.1) is 12.2 Å². The summed E-state index contributed by atoms with van der Waals surface area (Å²) in [4.78, 5) is 14.9. The van der Waals surface area contributed by atoms with Crippen LogP contribution in [0.5, 0.6) is 0 Å². The highest BCUT2D eigenvalue weighted by Gasteiger charge is 2.51. The Labute approximate surface area is 174 Å². The quantitative estimate of drug-likeness (QED) is 0.690. The lowest BCUT2D eigenvalue weighted by molar-refractivity contribution is -0.0434. The number of benzene rings is 2. The van der Waals surface area contributed by atoms with Crippen molar-refractivity contribution in [3.63, 3.8) is 0 Å². The first kappa shape index (κ1) is 19.3. The summed E-state index contributed by atoms with van der Waals surface area (Å²) in [6.07, 6.45) is 1.72. The number of ether oxygens (including phenoxy) is 1. The van der Waals surface area contributed by atoms with Crippen LogP contribution in [0.4, 0.5) is 4.39 Å². The Hall–Kier alpha value is -2.70. The van der Waals surface area contributed by atoms with Gasteiger partial charge in [0.1, 0.15) is 17.0 Å². The molecule has 0 bridgehead atoms. The van der Waals surface area contributed by atoms with Crippen molar-refractivity contribution in [3.8, 4) is 0 Å². The number of furan rings is 1. The second-order valence-electron chi connectivity index (χ2n) is 8.53. The third kappa shape index (κ3) is 3.11. The van der Waals surface area contributed by atoms with E-state index >= 15 is 0 Å². The van der Waals surface area contributed by atoms with Crippen molar-refractivity contribution in [1.82, 2.24) is 4.90 Å². The van der Waals surface area contributed by atoms with Gasteiger partial charge in [-0.15, -0.1) is 0 Å². The van der Waals surface area contributed by atoms with Crippen LogP contribution in [-0.2, 0) is 10.3 Å². The van der Waals surface area contributed by atoms with Crippen molar-refractivity contribution in [1.29, 1.82) is 0 Å². The molecule has 1 amide bonds. The van der Waals surface area contributed by atoms with Crippen LogP contribution in [0.15, 0.2) is 52.9 Å². The van der Waals surface area contributed by atoms with Crippen LogP contribution in [0.1, 0.15) is 40.9 Å². The summed E-state index contributed by atoms with van der Waals surface area (Å²) in [5.74, 6) is -0.0451. The van der Waals surface area contributed by atoms with E-state index < -0.39 is 11.2 Å². The smallest absolute Gasteiger partial charge is 0.289 e. The Kier molecular flexibility index (Phi) is 4.45. The number of aliphatic hydroxyl groups is 1. The Balaban J connectivity index is 1.30. The van der Waals surface area contributed by atoms with Gasteiger partial charge in [-0.3, -0.25) is 4.79 Å². The molecule has 6 heteroatoms. The maximum atomic E-state index is 13.2. The van der Waals surface area contributed by atoms with Gasteiger partial charge in [0, 0.05) is 30.5 Å². The number of nitrogens with zero attached hydrogens (tertiary/aromatic N) is 1. The Morgan fingerprint density at radius 1 is 1.10 bits per heavy atom. The van der Waals surface area contributed by atoms with E-state index in [1.165, 1.54) is 12.1 Å². The van der Waals surface area contributed by atoms with E-state index in [9.17, 15) is 14.3 Å². The number of carbonyl (C=O) groups excluding carboxylic acids is 1. The lowest BCUT2D eigenvalue weighted by atomic mass is 9.80. The molecule has 2 aliphatic rings. The lowest BCUT2D eigenvalue weighted by Gasteiger charge is -2.38. The highest BCUT2D eigenvalue weighted by Crippen LogP contribution is 2.45. The van der Waals surface area contributed by atoms with Crippen molar-refractivity contribution >= 4 is 16.9 Å². The standard InChI is InChI=1S/C24H24FNO4/c1-16-19-4-2-3-5-20(19)30-21(16)22(27)26-12-10-23(11-13-26)14-24(28,15-29-23)17-6-8-18(25)9-7-17/h2-9,28H,10-15H2,1H3. The Morgan fingerprint density at radius 2 is 1.80 bits per heavy atom. The SMILES string of the molecule is Cc1c(C(=O)N2CCC3(CC2)CC(O)(c2ccc(F)cc2)CO3)oc2ccccc12. The molecule has 1 N–H and O–H groups in total. The molecular weight excluding hydrogens is 385 g/mol. The minimum atomic E-state index is -1.13. The molecule has 156 valence electrons. The van der Waals surface area contributed by atoms with Crippen molar-refractivity contribution in [2.45, 2.75) is 37.4 Å². The van der Waals surface area contributed by atoms with Crippen molar-refractivity contribution in [2.75, 3.05) is 19.7 Å². The highest BCUT2D eigenvalue weighted by atomic mass is 19.1. The number of amides is 1. The molecule has 5 nitrogen and oxygen atoms in total. The fourth-order valence-corrected chi connectivity index (χ4v) is 4.81. The van der Waals surface area contributed by atoms with Crippen LogP contribution >= 0.6 is 0 Å². The first-order valence-electron chi connectivity index (χ1n) is 10.3. The largest absolute Gasteiger partial charge is 0.451 e. The number of fused-ring (bicyclic) bond motifs is 1. The van der Waals surface area contributed by atoms with Crippen molar-refractivity contribution < 1.29 is 23.4 Å². The average molecular weight is 409 g/mol. The molecule has 3 heterocycles. The lowest BCUT2D eigenvalue weighted by Crippen LogP contribution is -2.47. The summed E-state index contributed by atoms with van der Waals surface area (Å²) >= 11 is 0. The van der Waals surface area contributed by atoms with E-state index in [0.717, 1.165) is 16.5 Å². The summed E-state index contributed by atoms with van der Waals surface area (Å²) in [7, 11) is 0. The molecule has 2 aliphatic heterocycles. The number of piperidine rings is 1. The molecule has 5 rings (SSSR count). The maximum absolute atomic E-state index is 13.2. The van der Waals surface area contributed by atoms with Gasteiger partial charge in [-0.25, -0.2) is 4.39 Å². The zero-order valence-corrected chi connectivity index (χ0v) is 16.9. The van der Waals surface area contributed by atoms with Gasteiger partial charge in [-0.1, -0.05) is 30.3 Å². The number of para-hydroxylation sites is 1. The minimum absolute atomic E-state index is 0.106. The van der Waals surface area contributed by atoms with E-state index in [1.807, 2.05) is 31.2 Å². The van der Waals surface area contributed by atoms with Gasteiger partial charge in [0.15, 0.2) is 5.76 Å². The third-order valence-electron chi connectivity index (χ3n) is 6.61. The highest BCUT2D eigenvalue weighted by molar-refractivity contribution is 5.98. The molecule has 1 unspecified atom stereocenters. The second-order valence-corrected chi connectivity index (χ2v) is 8.53. The molecule has 0 saturated carbocycles. The molecule has 2 fully saturated rings. The Morgan fingerprint density at radius 3 is 2.50 bits per heavy atom. The molecule has 2 saturated heterocycles. The molecule has 1 spiro atoms.